The quantitative estimate of drug-likeness (QED) is 0.724. The fourth-order valence-electron chi connectivity index (χ4n) is 1.77. The van der Waals surface area contributed by atoms with E-state index in [9.17, 15) is 8.42 Å². The standard InChI is InChI=1S/C9H18N2O2S/c12-14(13,8-3-9-1-2-9)11-6-4-10-5-7-11/h9-10H,1-8H2. The number of hydrogen-bond donors (Lipinski definition) is 1. The highest BCUT2D eigenvalue weighted by Crippen LogP contribution is 2.32. The van der Waals surface area contributed by atoms with Gasteiger partial charge in [0.2, 0.25) is 10.0 Å². The van der Waals surface area contributed by atoms with Crippen LogP contribution in [0.2, 0.25) is 0 Å². The van der Waals surface area contributed by atoms with Crippen molar-refractivity contribution in [3.63, 3.8) is 0 Å². The molecule has 2 aliphatic rings. The van der Waals surface area contributed by atoms with Crippen LogP contribution in [-0.2, 0) is 10.0 Å². The van der Waals surface area contributed by atoms with Crippen LogP contribution in [0.15, 0.2) is 0 Å². The van der Waals surface area contributed by atoms with Gasteiger partial charge in [0.25, 0.3) is 0 Å². The van der Waals surface area contributed by atoms with E-state index >= 15 is 0 Å². The summed E-state index contributed by atoms with van der Waals surface area (Å²) in [5, 5.41) is 3.16. The zero-order valence-corrected chi connectivity index (χ0v) is 9.22. The molecule has 0 radical (unpaired) electrons. The van der Waals surface area contributed by atoms with E-state index in [1.165, 1.54) is 12.8 Å². The lowest BCUT2D eigenvalue weighted by Crippen LogP contribution is -2.47. The second-order valence-electron chi connectivity index (χ2n) is 4.20. The van der Waals surface area contributed by atoms with Crippen LogP contribution in [0.5, 0.6) is 0 Å². The third kappa shape index (κ3) is 2.68. The first-order valence-corrected chi connectivity index (χ1v) is 6.98. The van der Waals surface area contributed by atoms with Gasteiger partial charge in [0, 0.05) is 26.2 Å². The van der Waals surface area contributed by atoms with Crippen molar-refractivity contribution in [3.8, 4) is 0 Å². The molecule has 1 heterocycles. The van der Waals surface area contributed by atoms with Crippen molar-refractivity contribution in [1.29, 1.82) is 0 Å². The van der Waals surface area contributed by atoms with Crippen molar-refractivity contribution < 1.29 is 8.42 Å². The second-order valence-corrected chi connectivity index (χ2v) is 6.29. The van der Waals surface area contributed by atoms with E-state index in [4.69, 9.17) is 0 Å². The lowest BCUT2D eigenvalue weighted by molar-refractivity contribution is 0.359. The Hall–Kier alpha value is -0.130. The van der Waals surface area contributed by atoms with E-state index in [2.05, 4.69) is 5.32 Å². The number of nitrogens with one attached hydrogen (secondary N) is 1. The van der Waals surface area contributed by atoms with Crippen LogP contribution in [-0.4, -0.2) is 44.7 Å². The Balaban J connectivity index is 1.85. The van der Waals surface area contributed by atoms with E-state index in [1.54, 1.807) is 4.31 Å². The van der Waals surface area contributed by atoms with Crippen LogP contribution in [0, 0.1) is 5.92 Å². The van der Waals surface area contributed by atoms with Crippen LogP contribution in [0.1, 0.15) is 19.3 Å². The third-order valence-electron chi connectivity index (χ3n) is 2.95. The largest absolute Gasteiger partial charge is 0.314 e. The molecule has 0 aromatic heterocycles. The molecule has 5 heteroatoms. The molecule has 0 spiro atoms. The molecule has 2 fully saturated rings. The average molecular weight is 218 g/mol. The molecule has 0 aromatic carbocycles. The highest BCUT2D eigenvalue weighted by atomic mass is 32.2. The molecular weight excluding hydrogens is 200 g/mol. The third-order valence-corrected chi connectivity index (χ3v) is 4.85. The van der Waals surface area contributed by atoms with Gasteiger partial charge in [0.05, 0.1) is 5.75 Å². The van der Waals surface area contributed by atoms with Gasteiger partial charge in [-0.2, -0.15) is 4.31 Å². The van der Waals surface area contributed by atoms with Gasteiger partial charge in [-0.3, -0.25) is 0 Å². The number of hydrogen-bond acceptors (Lipinski definition) is 3. The number of sulfonamides is 1. The van der Waals surface area contributed by atoms with Gasteiger partial charge in [-0.15, -0.1) is 0 Å². The summed E-state index contributed by atoms with van der Waals surface area (Å²) < 4.78 is 25.3. The minimum Gasteiger partial charge on any atom is -0.314 e. The Labute approximate surface area is 85.7 Å². The van der Waals surface area contributed by atoms with Crippen molar-refractivity contribution in [2.45, 2.75) is 19.3 Å². The normalized spacial score (nSPS) is 25.1. The van der Waals surface area contributed by atoms with Gasteiger partial charge >= 0.3 is 0 Å². The maximum Gasteiger partial charge on any atom is 0.214 e. The van der Waals surface area contributed by atoms with Crippen molar-refractivity contribution in [2.75, 3.05) is 31.9 Å². The smallest absolute Gasteiger partial charge is 0.214 e. The molecule has 1 N–H and O–H groups in total. The first-order valence-electron chi connectivity index (χ1n) is 5.37. The van der Waals surface area contributed by atoms with Crippen LogP contribution < -0.4 is 5.32 Å². The first kappa shape index (κ1) is 10.4. The van der Waals surface area contributed by atoms with E-state index in [-0.39, 0.29) is 0 Å². The molecule has 0 atom stereocenters. The monoisotopic (exact) mass is 218 g/mol. The van der Waals surface area contributed by atoms with Crippen molar-refractivity contribution in [2.24, 2.45) is 5.92 Å². The van der Waals surface area contributed by atoms with Crippen LogP contribution in [0.25, 0.3) is 0 Å². The summed E-state index contributed by atoms with van der Waals surface area (Å²) >= 11 is 0. The molecule has 1 aliphatic heterocycles. The molecule has 0 bridgehead atoms. The van der Waals surface area contributed by atoms with Gasteiger partial charge in [0.1, 0.15) is 0 Å². The highest BCUT2D eigenvalue weighted by Gasteiger charge is 2.28. The molecule has 14 heavy (non-hydrogen) atoms. The molecule has 1 saturated carbocycles. The maximum atomic E-state index is 11.8. The Kier molecular flexibility index (Phi) is 3.09. The minimum absolute atomic E-state index is 0.359. The number of piperazine rings is 1. The molecule has 0 unspecified atom stereocenters. The van der Waals surface area contributed by atoms with Crippen molar-refractivity contribution in [1.82, 2.24) is 9.62 Å². The van der Waals surface area contributed by atoms with Crippen LogP contribution in [0.4, 0.5) is 0 Å². The predicted molar refractivity (Wildman–Crippen MR) is 55.6 cm³/mol. The van der Waals surface area contributed by atoms with Gasteiger partial charge in [-0.05, 0) is 12.3 Å². The summed E-state index contributed by atoms with van der Waals surface area (Å²) in [5.41, 5.74) is 0. The SMILES string of the molecule is O=S(=O)(CCC1CC1)N1CCNCC1. The minimum atomic E-state index is -2.95. The Morgan fingerprint density at radius 2 is 1.86 bits per heavy atom. The summed E-state index contributed by atoms with van der Waals surface area (Å²) in [6.45, 7) is 2.88. The van der Waals surface area contributed by atoms with Gasteiger partial charge < -0.3 is 5.32 Å². The van der Waals surface area contributed by atoms with Crippen molar-refractivity contribution in [3.05, 3.63) is 0 Å². The van der Waals surface area contributed by atoms with E-state index in [0.29, 0.717) is 24.8 Å². The number of nitrogens with zero attached hydrogens (tertiary/aromatic N) is 1. The molecule has 0 amide bonds. The summed E-state index contributed by atoms with van der Waals surface area (Å²) in [4.78, 5) is 0. The Morgan fingerprint density at radius 3 is 2.43 bits per heavy atom. The molecule has 4 nitrogen and oxygen atoms in total. The maximum absolute atomic E-state index is 11.8. The molecule has 2 rings (SSSR count). The molecular formula is C9H18N2O2S. The zero-order valence-electron chi connectivity index (χ0n) is 8.41. The fourth-order valence-corrected chi connectivity index (χ4v) is 3.40. The van der Waals surface area contributed by atoms with Crippen molar-refractivity contribution >= 4 is 10.0 Å². The molecule has 0 aromatic rings. The summed E-state index contributed by atoms with van der Waals surface area (Å²) in [6.07, 6.45) is 3.33. The molecule has 1 aliphatic carbocycles. The lowest BCUT2D eigenvalue weighted by Gasteiger charge is -2.26. The summed E-state index contributed by atoms with van der Waals surface area (Å²) in [7, 11) is -2.95. The van der Waals surface area contributed by atoms with Gasteiger partial charge in [-0.25, -0.2) is 8.42 Å². The summed E-state index contributed by atoms with van der Waals surface area (Å²) in [5.74, 6) is 1.06. The van der Waals surface area contributed by atoms with E-state index in [1.807, 2.05) is 0 Å². The average Bonchev–Trinajstić information content (AvgIpc) is 3.00. The zero-order chi connectivity index (χ0) is 10.0. The number of rotatable bonds is 4. The molecule has 1 saturated heterocycles. The predicted octanol–water partition coefficient (Wildman–Crippen LogP) is 0.0215. The topological polar surface area (TPSA) is 49.4 Å². The van der Waals surface area contributed by atoms with Crippen LogP contribution in [0.3, 0.4) is 0 Å². The van der Waals surface area contributed by atoms with E-state index < -0.39 is 10.0 Å². The first-order chi connectivity index (χ1) is 6.68. The van der Waals surface area contributed by atoms with Crippen LogP contribution >= 0.6 is 0 Å². The highest BCUT2D eigenvalue weighted by molar-refractivity contribution is 7.89. The second kappa shape index (κ2) is 4.16. The molecule has 82 valence electrons. The Bertz CT molecular complexity index is 279. The Morgan fingerprint density at radius 1 is 1.21 bits per heavy atom. The van der Waals surface area contributed by atoms with Gasteiger partial charge in [0.15, 0.2) is 0 Å². The fraction of sp³-hybridized carbons (Fsp3) is 1.00. The summed E-state index contributed by atoms with van der Waals surface area (Å²) in [6, 6.07) is 0. The lowest BCUT2D eigenvalue weighted by atomic mass is 10.3. The van der Waals surface area contributed by atoms with E-state index in [0.717, 1.165) is 19.5 Å². The van der Waals surface area contributed by atoms with Gasteiger partial charge in [-0.1, -0.05) is 12.8 Å².